The largest absolute Gasteiger partial charge is 0.507 e. The van der Waals surface area contributed by atoms with Gasteiger partial charge < -0.3 is 24.9 Å². The number of carbonyl (C=O) groups excluding carboxylic acids is 2. The van der Waals surface area contributed by atoms with Crippen molar-refractivity contribution >= 4 is 12.6 Å². The minimum absolute atomic E-state index is 0.144. The molecule has 0 fully saturated rings. The van der Waals surface area contributed by atoms with Crippen LogP contribution in [0.3, 0.4) is 0 Å². The second kappa shape index (κ2) is 7.41. The Labute approximate surface area is 111 Å². The smallest absolute Gasteiger partial charge is 0.129 e. The van der Waals surface area contributed by atoms with Crippen molar-refractivity contribution in [2.24, 2.45) is 0 Å². The number of rotatable bonds is 8. The quantitative estimate of drug-likeness (QED) is 0.493. The van der Waals surface area contributed by atoms with E-state index in [2.05, 4.69) is 0 Å². The minimum atomic E-state index is -0.181. The summed E-state index contributed by atoms with van der Waals surface area (Å²) >= 11 is 0. The Hall–Kier alpha value is -2.04. The van der Waals surface area contributed by atoms with Crippen molar-refractivity contribution in [3.05, 3.63) is 17.2 Å². The van der Waals surface area contributed by atoms with E-state index in [1.807, 2.05) is 0 Å². The molecular formula is C14H18O5. The van der Waals surface area contributed by atoms with Crippen LogP contribution in [0.1, 0.15) is 36.8 Å². The monoisotopic (exact) mass is 266 g/mol. The van der Waals surface area contributed by atoms with Gasteiger partial charge in [0.25, 0.3) is 0 Å². The van der Waals surface area contributed by atoms with Crippen LogP contribution in [-0.2, 0) is 22.4 Å². The summed E-state index contributed by atoms with van der Waals surface area (Å²) in [6.07, 6.45) is 4.00. The number of aromatic hydroxyl groups is 3. The maximum Gasteiger partial charge on any atom is 0.129 e. The molecule has 0 spiro atoms. The van der Waals surface area contributed by atoms with Gasteiger partial charge in [0.15, 0.2) is 0 Å². The number of hydrogen-bond acceptors (Lipinski definition) is 5. The zero-order valence-corrected chi connectivity index (χ0v) is 10.6. The standard InChI is InChI=1S/C14H18O5/c15-7-3-1-5-10-12(17)9-13(18)11(14(10)19)6-2-4-8-16/h7-9,17-19H,1-6H2. The highest BCUT2D eigenvalue weighted by Crippen LogP contribution is 2.38. The van der Waals surface area contributed by atoms with Gasteiger partial charge in [-0.3, -0.25) is 0 Å². The third kappa shape index (κ3) is 3.98. The molecule has 5 heteroatoms. The number of carbonyl (C=O) groups is 2. The maximum atomic E-state index is 10.3. The van der Waals surface area contributed by atoms with Crippen LogP contribution in [0.4, 0.5) is 0 Å². The van der Waals surface area contributed by atoms with Crippen LogP contribution in [0.15, 0.2) is 6.07 Å². The first-order chi connectivity index (χ1) is 9.11. The van der Waals surface area contributed by atoms with E-state index < -0.39 is 0 Å². The zero-order chi connectivity index (χ0) is 14.3. The van der Waals surface area contributed by atoms with Gasteiger partial charge in [-0.25, -0.2) is 0 Å². The van der Waals surface area contributed by atoms with Gasteiger partial charge in [0.05, 0.1) is 0 Å². The SMILES string of the molecule is O=CCCCc1c(O)cc(O)c(CCCC=O)c1O. The van der Waals surface area contributed by atoms with Gasteiger partial charge in [-0.15, -0.1) is 0 Å². The van der Waals surface area contributed by atoms with Crippen LogP contribution in [0, 0.1) is 0 Å². The predicted octanol–water partition coefficient (Wildman–Crippen LogP) is 1.85. The van der Waals surface area contributed by atoms with Crippen molar-refractivity contribution in [2.45, 2.75) is 38.5 Å². The summed E-state index contributed by atoms with van der Waals surface area (Å²) in [7, 11) is 0. The lowest BCUT2D eigenvalue weighted by molar-refractivity contribution is -0.108. The average Bonchev–Trinajstić information content (AvgIpc) is 2.37. The summed E-state index contributed by atoms with van der Waals surface area (Å²) in [4.78, 5) is 20.5. The molecule has 0 amide bonds. The molecule has 0 saturated heterocycles. The normalized spacial score (nSPS) is 10.3. The van der Waals surface area contributed by atoms with E-state index in [0.717, 1.165) is 12.6 Å². The van der Waals surface area contributed by atoms with Gasteiger partial charge in [-0.1, -0.05) is 0 Å². The molecule has 5 nitrogen and oxygen atoms in total. The molecule has 0 unspecified atom stereocenters. The molecule has 0 atom stereocenters. The van der Waals surface area contributed by atoms with Crippen molar-refractivity contribution in [3.63, 3.8) is 0 Å². The Bertz CT molecular complexity index is 415. The lowest BCUT2D eigenvalue weighted by atomic mass is 9.98. The topological polar surface area (TPSA) is 94.8 Å². The first-order valence-corrected chi connectivity index (χ1v) is 6.24. The molecule has 0 bridgehead atoms. The summed E-state index contributed by atoms with van der Waals surface area (Å²) in [5.74, 6) is -0.505. The van der Waals surface area contributed by atoms with Crippen LogP contribution < -0.4 is 0 Å². The third-order valence-corrected chi connectivity index (χ3v) is 2.96. The molecule has 0 aliphatic heterocycles. The van der Waals surface area contributed by atoms with Gasteiger partial charge in [0.2, 0.25) is 0 Å². The molecule has 1 aromatic rings. The molecule has 0 aliphatic carbocycles. The Kier molecular flexibility index (Phi) is 5.85. The molecule has 19 heavy (non-hydrogen) atoms. The third-order valence-electron chi connectivity index (χ3n) is 2.96. The number of benzene rings is 1. The van der Waals surface area contributed by atoms with Crippen LogP contribution in [0.5, 0.6) is 17.2 Å². The zero-order valence-electron chi connectivity index (χ0n) is 10.6. The Morgan fingerprint density at radius 1 is 0.842 bits per heavy atom. The first kappa shape index (κ1) is 15.0. The highest BCUT2D eigenvalue weighted by molar-refractivity contribution is 5.56. The summed E-state index contributed by atoms with van der Waals surface area (Å²) in [5, 5.41) is 29.5. The molecular weight excluding hydrogens is 248 g/mol. The van der Waals surface area contributed by atoms with Gasteiger partial charge in [0, 0.05) is 30.0 Å². The number of hydrogen-bond donors (Lipinski definition) is 3. The number of phenols is 3. The van der Waals surface area contributed by atoms with Crippen LogP contribution in [-0.4, -0.2) is 27.9 Å². The number of aldehydes is 2. The van der Waals surface area contributed by atoms with Crippen LogP contribution >= 0.6 is 0 Å². The van der Waals surface area contributed by atoms with E-state index in [1.165, 1.54) is 6.07 Å². The van der Waals surface area contributed by atoms with E-state index >= 15 is 0 Å². The predicted molar refractivity (Wildman–Crippen MR) is 69.4 cm³/mol. The second-order valence-electron chi connectivity index (χ2n) is 4.34. The first-order valence-electron chi connectivity index (χ1n) is 6.24. The summed E-state index contributed by atoms with van der Waals surface area (Å²) in [6, 6.07) is 1.19. The van der Waals surface area contributed by atoms with Gasteiger partial charge >= 0.3 is 0 Å². The van der Waals surface area contributed by atoms with E-state index in [0.29, 0.717) is 49.7 Å². The lowest BCUT2D eigenvalue weighted by Crippen LogP contribution is -1.95. The van der Waals surface area contributed by atoms with Crippen molar-refractivity contribution in [2.75, 3.05) is 0 Å². The van der Waals surface area contributed by atoms with Gasteiger partial charge in [-0.05, 0) is 25.7 Å². The van der Waals surface area contributed by atoms with E-state index in [1.54, 1.807) is 0 Å². The van der Waals surface area contributed by atoms with Crippen LogP contribution in [0.2, 0.25) is 0 Å². The summed E-state index contributed by atoms with van der Waals surface area (Å²) < 4.78 is 0. The minimum Gasteiger partial charge on any atom is -0.507 e. The average molecular weight is 266 g/mol. The van der Waals surface area contributed by atoms with Crippen molar-refractivity contribution in [1.82, 2.24) is 0 Å². The van der Waals surface area contributed by atoms with Crippen molar-refractivity contribution < 1.29 is 24.9 Å². The molecule has 1 aromatic carbocycles. The fraction of sp³-hybridized carbons (Fsp3) is 0.429. The summed E-state index contributed by atoms with van der Waals surface area (Å²) in [5.41, 5.74) is 0.668. The Balaban J connectivity index is 2.93. The van der Waals surface area contributed by atoms with E-state index in [4.69, 9.17) is 0 Å². The van der Waals surface area contributed by atoms with E-state index in [9.17, 15) is 24.9 Å². The van der Waals surface area contributed by atoms with Crippen LogP contribution in [0.25, 0.3) is 0 Å². The highest BCUT2D eigenvalue weighted by Gasteiger charge is 2.16. The summed E-state index contributed by atoms with van der Waals surface area (Å²) in [6.45, 7) is 0. The van der Waals surface area contributed by atoms with Gasteiger partial charge in [0.1, 0.15) is 29.8 Å². The lowest BCUT2D eigenvalue weighted by Gasteiger charge is -2.13. The second-order valence-corrected chi connectivity index (χ2v) is 4.34. The fourth-order valence-corrected chi connectivity index (χ4v) is 1.95. The molecule has 104 valence electrons. The molecule has 0 saturated carbocycles. The van der Waals surface area contributed by atoms with Crippen molar-refractivity contribution in [1.29, 1.82) is 0 Å². The molecule has 0 radical (unpaired) electrons. The Morgan fingerprint density at radius 2 is 1.26 bits per heavy atom. The Morgan fingerprint density at radius 3 is 1.63 bits per heavy atom. The fourth-order valence-electron chi connectivity index (χ4n) is 1.95. The van der Waals surface area contributed by atoms with Crippen molar-refractivity contribution in [3.8, 4) is 17.2 Å². The molecule has 0 aliphatic rings. The molecule has 3 N–H and O–H groups in total. The molecule has 0 heterocycles. The number of phenolic OH excluding ortho intramolecular Hbond substituents is 3. The van der Waals surface area contributed by atoms with E-state index in [-0.39, 0.29) is 17.2 Å². The van der Waals surface area contributed by atoms with Gasteiger partial charge in [-0.2, -0.15) is 0 Å². The molecule has 1 rings (SSSR count). The highest BCUT2D eigenvalue weighted by atomic mass is 16.3. The number of unbranched alkanes of at least 4 members (excludes halogenated alkanes) is 2. The maximum absolute atomic E-state index is 10.3. The molecule has 0 aromatic heterocycles.